The number of amides is 1. The summed E-state index contributed by atoms with van der Waals surface area (Å²) in [5.74, 6) is -1.26. The van der Waals surface area contributed by atoms with E-state index in [0.717, 1.165) is 35.9 Å². The van der Waals surface area contributed by atoms with Gasteiger partial charge in [0.2, 0.25) is 10.0 Å². The van der Waals surface area contributed by atoms with Gasteiger partial charge in [-0.1, -0.05) is 12.1 Å². The molecule has 1 aliphatic rings. The molecule has 0 radical (unpaired) electrons. The van der Waals surface area contributed by atoms with Crippen LogP contribution in [0.4, 0.5) is 23.2 Å². The fourth-order valence-corrected chi connectivity index (χ4v) is 5.03. The number of sulfonamides is 1. The highest BCUT2D eigenvalue weighted by molar-refractivity contribution is 7.89. The monoisotopic (exact) mass is 478 g/mol. The highest BCUT2D eigenvalue weighted by Gasteiger charge is 2.31. The van der Waals surface area contributed by atoms with Crippen molar-refractivity contribution in [1.82, 2.24) is 4.31 Å². The predicted octanol–water partition coefficient (Wildman–Crippen LogP) is 4.84. The van der Waals surface area contributed by atoms with E-state index in [1.165, 1.54) is 22.5 Å². The molecule has 0 aromatic heterocycles. The first-order valence-corrected chi connectivity index (χ1v) is 11.3. The molecule has 1 amide bonds. The number of carbonyl (C=O) groups excluding carboxylic acids is 1. The molecule has 3 aromatic carbocycles. The van der Waals surface area contributed by atoms with Gasteiger partial charge in [-0.05, 0) is 72.1 Å². The lowest BCUT2D eigenvalue weighted by Gasteiger charge is -2.28. The maximum absolute atomic E-state index is 13.2. The summed E-state index contributed by atoms with van der Waals surface area (Å²) in [6.45, 7) is 0.283. The van der Waals surface area contributed by atoms with E-state index in [2.05, 4.69) is 5.32 Å². The van der Waals surface area contributed by atoms with E-state index in [1.807, 2.05) is 0 Å². The third kappa shape index (κ3) is 4.91. The molecule has 33 heavy (non-hydrogen) atoms. The van der Waals surface area contributed by atoms with E-state index in [4.69, 9.17) is 0 Å². The Morgan fingerprint density at radius 2 is 1.67 bits per heavy atom. The van der Waals surface area contributed by atoms with Gasteiger partial charge in [0.25, 0.3) is 5.91 Å². The van der Waals surface area contributed by atoms with Crippen molar-refractivity contribution in [2.75, 3.05) is 11.9 Å². The minimum absolute atomic E-state index is 0.0265. The third-order valence-electron chi connectivity index (χ3n) is 5.34. The molecule has 5 nitrogen and oxygen atoms in total. The highest BCUT2D eigenvalue weighted by Crippen LogP contribution is 2.30. The van der Waals surface area contributed by atoms with Crippen LogP contribution in [0.25, 0.3) is 0 Å². The van der Waals surface area contributed by atoms with E-state index >= 15 is 0 Å². The van der Waals surface area contributed by atoms with Crippen molar-refractivity contribution in [3.05, 3.63) is 94.8 Å². The smallest absolute Gasteiger partial charge is 0.322 e. The number of nitrogens with zero attached hydrogens (tertiary/aromatic N) is 1. The zero-order valence-corrected chi connectivity index (χ0v) is 17.9. The number of anilines is 1. The standard InChI is InChI=1S/C23H18F4N2O3S/c24-19-5-8-21(9-6-19)33(31,32)29-11-10-15-4-7-20(13-17(15)14-29)28-22(30)16-2-1-3-18(12-16)23(25,26)27/h1-9,12-13H,10-11,14H2,(H,28,30). The molecule has 4 rings (SSSR count). The molecule has 1 aliphatic heterocycles. The Balaban J connectivity index is 1.53. The zero-order valence-electron chi connectivity index (χ0n) is 17.1. The van der Waals surface area contributed by atoms with E-state index in [0.29, 0.717) is 17.7 Å². The molecular weight excluding hydrogens is 460 g/mol. The van der Waals surface area contributed by atoms with E-state index in [1.54, 1.807) is 18.2 Å². The molecule has 172 valence electrons. The first kappa shape index (κ1) is 22.9. The summed E-state index contributed by atoms with van der Waals surface area (Å²) in [7, 11) is -3.85. The Kier molecular flexibility index (Phi) is 5.98. The summed E-state index contributed by atoms with van der Waals surface area (Å²) in [6.07, 6.45) is -4.13. The molecule has 0 unspecified atom stereocenters. The number of fused-ring (bicyclic) bond motifs is 1. The number of hydrogen-bond donors (Lipinski definition) is 1. The van der Waals surface area contributed by atoms with Crippen LogP contribution in [0.1, 0.15) is 27.0 Å². The minimum atomic E-state index is -4.57. The van der Waals surface area contributed by atoms with Crippen molar-refractivity contribution in [2.24, 2.45) is 0 Å². The van der Waals surface area contributed by atoms with Crippen LogP contribution in [-0.2, 0) is 29.2 Å². The summed E-state index contributed by atoms with van der Waals surface area (Å²) < 4.78 is 79.0. The minimum Gasteiger partial charge on any atom is -0.322 e. The molecule has 0 saturated heterocycles. The van der Waals surface area contributed by atoms with Gasteiger partial charge >= 0.3 is 6.18 Å². The largest absolute Gasteiger partial charge is 0.416 e. The van der Waals surface area contributed by atoms with Gasteiger partial charge in [0.1, 0.15) is 5.82 Å². The highest BCUT2D eigenvalue weighted by atomic mass is 32.2. The Morgan fingerprint density at radius 3 is 2.36 bits per heavy atom. The van der Waals surface area contributed by atoms with Crippen LogP contribution >= 0.6 is 0 Å². The number of halogens is 4. The molecule has 0 atom stereocenters. The first-order valence-electron chi connectivity index (χ1n) is 9.90. The van der Waals surface area contributed by atoms with Gasteiger partial charge in [-0.3, -0.25) is 4.79 Å². The van der Waals surface area contributed by atoms with Gasteiger partial charge in [0.15, 0.2) is 0 Å². The second-order valence-electron chi connectivity index (χ2n) is 7.56. The Bertz CT molecular complexity index is 1310. The molecule has 0 bridgehead atoms. The van der Waals surface area contributed by atoms with Crippen molar-refractivity contribution in [3.8, 4) is 0 Å². The van der Waals surface area contributed by atoms with E-state index < -0.39 is 33.5 Å². The fraction of sp³-hybridized carbons (Fsp3) is 0.174. The molecule has 0 fully saturated rings. The molecular formula is C23H18F4N2O3S. The molecule has 3 aromatic rings. The van der Waals surface area contributed by atoms with Crippen LogP contribution in [0, 0.1) is 5.82 Å². The Morgan fingerprint density at radius 1 is 0.939 bits per heavy atom. The summed E-state index contributed by atoms with van der Waals surface area (Å²) in [5, 5.41) is 2.56. The third-order valence-corrected chi connectivity index (χ3v) is 7.20. The summed E-state index contributed by atoms with van der Waals surface area (Å²) >= 11 is 0. The number of rotatable bonds is 4. The zero-order chi connectivity index (χ0) is 23.8. The van der Waals surface area contributed by atoms with Gasteiger partial charge in [0.05, 0.1) is 10.5 Å². The molecule has 0 aliphatic carbocycles. The van der Waals surface area contributed by atoms with Gasteiger partial charge in [-0.15, -0.1) is 0 Å². The SMILES string of the molecule is O=C(Nc1ccc2c(c1)CN(S(=O)(=O)c1ccc(F)cc1)CC2)c1cccc(C(F)(F)F)c1. The van der Waals surface area contributed by atoms with E-state index in [-0.39, 0.29) is 23.5 Å². The average molecular weight is 478 g/mol. The number of carbonyl (C=O) groups is 1. The topological polar surface area (TPSA) is 66.5 Å². The maximum Gasteiger partial charge on any atom is 0.416 e. The van der Waals surface area contributed by atoms with Crippen LogP contribution < -0.4 is 5.32 Å². The Labute approximate surface area is 187 Å². The van der Waals surface area contributed by atoms with Crippen molar-refractivity contribution in [2.45, 2.75) is 24.0 Å². The maximum atomic E-state index is 13.2. The van der Waals surface area contributed by atoms with Crippen LogP contribution in [0.15, 0.2) is 71.6 Å². The summed E-state index contributed by atoms with van der Waals surface area (Å²) in [6, 6.07) is 13.6. The van der Waals surface area contributed by atoms with Crippen molar-refractivity contribution < 1.29 is 30.8 Å². The fourth-order valence-electron chi connectivity index (χ4n) is 3.61. The Hall–Kier alpha value is -3.24. The van der Waals surface area contributed by atoms with Crippen LogP contribution in [-0.4, -0.2) is 25.2 Å². The number of hydrogen-bond acceptors (Lipinski definition) is 3. The molecule has 0 spiro atoms. The molecule has 10 heteroatoms. The van der Waals surface area contributed by atoms with Crippen molar-refractivity contribution >= 4 is 21.6 Å². The normalized spacial score (nSPS) is 14.5. The summed E-state index contributed by atoms with van der Waals surface area (Å²) in [4.78, 5) is 12.5. The second-order valence-corrected chi connectivity index (χ2v) is 9.50. The predicted molar refractivity (Wildman–Crippen MR) is 114 cm³/mol. The lowest BCUT2D eigenvalue weighted by Crippen LogP contribution is -2.36. The lowest BCUT2D eigenvalue weighted by molar-refractivity contribution is -0.137. The number of nitrogens with one attached hydrogen (secondary N) is 1. The number of benzene rings is 3. The van der Waals surface area contributed by atoms with E-state index in [9.17, 15) is 30.8 Å². The average Bonchev–Trinajstić information content (AvgIpc) is 2.78. The van der Waals surface area contributed by atoms with Crippen LogP contribution in [0.2, 0.25) is 0 Å². The van der Waals surface area contributed by atoms with Crippen molar-refractivity contribution in [3.63, 3.8) is 0 Å². The second kappa shape index (κ2) is 8.60. The quantitative estimate of drug-likeness (QED) is 0.546. The van der Waals surface area contributed by atoms with Gasteiger partial charge < -0.3 is 5.32 Å². The molecule has 1 heterocycles. The number of alkyl halides is 3. The van der Waals surface area contributed by atoms with Gasteiger partial charge in [-0.2, -0.15) is 17.5 Å². The van der Waals surface area contributed by atoms with Gasteiger partial charge in [0, 0.05) is 24.3 Å². The first-order chi connectivity index (χ1) is 15.5. The summed E-state index contributed by atoms with van der Waals surface area (Å²) in [5.41, 5.74) is 0.814. The molecule has 0 saturated carbocycles. The van der Waals surface area contributed by atoms with Crippen LogP contribution in [0.5, 0.6) is 0 Å². The van der Waals surface area contributed by atoms with Gasteiger partial charge in [-0.25, -0.2) is 12.8 Å². The lowest BCUT2D eigenvalue weighted by atomic mass is 10.0. The van der Waals surface area contributed by atoms with Crippen molar-refractivity contribution in [1.29, 1.82) is 0 Å². The molecule has 1 N–H and O–H groups in total. The van der Waals surface area contributed by atoms with Crippen LogP contribution in [0.3, 0.4) is 0 Å².